The van der Waals surface area contributed by atoms with Crippen LogP contribution in [-0.4, -0.2) is 37.2 Å². The first kappa shape index (κ1) is 14.7. The van der Waals surface area contributed by atoms with Crippen molar-refractivity contribution in [2.24, 2.45) is 5.73 Å². The normalized spacial score (nSPS) is 19.3. The Labute approximate surface area is 120 Å². The lowest BCUT2D eigenvalue weighted by Gasteiger charge is -2.29. The van der Waals surface area contributed by atoms with Crippen LogP contribution in [0.2, 0.25) is 0 Å². The molecule has 5 nitrogen and oxygen atoms in total. The number of anilines is 1. The van der Waals surface area contributed by atoms with Gasteiger partial charge in [0.1, 0.15) is 5.75 Å². The molecule has 1 aliphatic heterocycles. The van der Waals surface area contributed by atoms with E-state index in [1.807, 2.05) is 29.2 Å². The maximum Gasteiger partial charge on any atom is 0.322 e. The van der Waals surface area contributed by atoms with E-state index in [1.54, 1.807) is 7.11 Å². The van der Waals surface area contributed by atoms with Crippen LogP contribution >= 0.6 is 0 Å². The number of nitrogens with zero attached hydrogens (tertiary/aromatic N) is 1. The molecule has 20 heavy (non-hydrogen) atoms. The summed E-state index contributed by atoms with van der Waals surface area (Å²) in [4.78, 5) is 14.3. The first-order valence-corrected chi connectivity index (χ1v) is 7.16. The van der Waals surface area contributed by atoms with Crippen LogP contribution < -0.4 is 15.8 Å². The molecule has 1 unspecified atom stereocenters. The van der Waals surface area contributed by atoms with Crippen LogP contribution in [0.15, 0.2) is 24.3 Å². The minimum absolute atomic E-state index is 0.0735. The molecule has 0 spiro atoms. The number of benzene rings is 1. The maximum absolute atomic E-state index is 12.4. The number of likely N-dealkylation sites (tertiary alicyclic amines) is 1. The molecule has 0 bridgehead atoms. The molecular formula is C15H23N3O2. The maximum atomic E-state index is 12.4. The summed E-state index contributed by atoms with van der Waals surface area (Å²) in [7, 11) is 1.61. The number of hydrogen-bond donors (Lipinski definition) is 2. The van der Waals surface area contributed by atoms with Gasteiger partial charge in [0.15, 0.2) is 0 Å². The second-order valence-corrected chi connectivity index (χ2v) is 5.09. The van der Waals surface area contributed by atoms with Gasteiger partial charge < -0.3 is 20.7 Å². The van der Waals surface area contributed by atoms with Crippen molar-refractivity contribution in [3.05, 3.63) is 24.3 Å². The van der Waals surface area contributed by atoms with Crippen LogP contribution in [0.3, 0.4) is 0 Å². The lowest BCUT2D eigenvalue weighted by Crippen LogP contribution is -2.46. The molecule has 0 saturated carbocycles. The Bertz CT molecular complexity index is 450. The molecule has 2 amide bonds. The van der Waals surface area contributed by atoms with E-state index in [9.17, 15) is 4.79 Å². The van der Waals surface area contributed by atoms with Gasteiger partial charge in [0, 0.05) is 30.9 Å². The average molecular weight is 277 g/mol. The minimum atomic E-state index is -0.0735. The van der Waals surface area contributed by atoms with E-state index in [2.05, 4.69) is 5.32 Å². The van der Waals surface area contributed by atoms with Crippen LogP contribution in [0.1, 0.15) is 25.7 Å². The van der Waals surface area contributed by atoms with Crippen molar-refractivity contribution in [3.63, 3.8) is 0 Å². The lowest BCUT2D eigenvalue weighted by molar-refractivity contribution is 0.191. The van der Waals surface area contributed by atoms with E-state index < -0.39 is 0 Å². The Kier molecular flexibility index (Phi) is 5.24. The van der Waals surface area contributed by atoms with Crippen molar-refractivity contribution >= 4 is 11.7 Å². The number of hydrogen-bond acceptors (Lipinski definition) is 3. The highest BCUT2D eigenvalue weighted by Crippen LogP contribution is 2.20. The first-order valence-electron chi connectivity index (χ1n) is 7.16. The van der Waals surface area contributed by atoms with Crippen molar-refractivity contribution < 1.29 is 9.53 Å². The number of rotatable bonds is 3. The van der Waals surface area contributed by atoms with E-state index in [4.69, 9.17) is 10.5 Å². The fourth-order valence-electron chi connectivity index (χ4n) is 2.59. The fourth-order valence-corrected chi connectivity index (χ4v) is 2.59. The number of carbonyl (C=O) groups is 1. The zero-order valence-electron chi connectivity index (χ0n) is 12.0. The van der Waals surface area contributed by atoms with Crippen molar-refractivity contribution in [1.82, 2.24) is 4.90 Å². The van der Waals surface area contributed by atoms with Crippen LogP contribution in [0.5, 0.6) is 5.75 Å². The van der Waals surface area contributed by atoms with Gasteiger partial charge in [-0.25, -0.2) is 4.79 Å². The fraction of sp³-hybridized carbons (Fsp3) is 0.533. The van der Waals surface area contributed by atoms with Crippen molar-refractivity contribution in [2.75, 3.05) is 25.5 Å². The second kappa shape index (κ2) is 7.14. The molecule has 1 heterocycles. The third kappa shape index (κ3) is 3.63. The summed E-state index contributed by atoms with van der Waals surface area (Å²) in [5, 5.41) is 2.93. The van der Waals surface area contributed by atoms with Crippen molar-refractivity contribution in [1.29, 1.82) is 0 Å². The Balaban J connectivity index is 2.05. The Morgan fingerprint density at radius 3 is 3.05 bits per heavy atom. The van der Waals surface area contributed by atoms with E-state index in [0.29, 0.717) is 6.54 Å². The molecule has 0 radical (unpaired) electrons. The number of carbonyl (C=O) groups excluding carboxylic acids is 1. The van der Waals surface area contributed by atoms with Gasteiger partial charge in [-0.1, -0.05) is 18.9 Å². The lowest BCUT2D eigenvalue weighted by atomic mass is 10.1. The molecule has 1 aromatic rings. The van der Waals surface area contributed by atoms with Crippen molar-refractivity contribution in [2.45, 2.75) is 31.7 Å². The predicted molar refractivity (Wildman–Crippen MR) is 80.0 cm³/mol. The number of methoxy groups -OCH3 is 1. The Morgan fingerprint density at radius 2 is 2.30 bits per heavy atom. The molecule has 1 atom stereocenters. The summed E-state index contributed by atoms with van der Waals surface area (Å²) in [5.74, 6) is 0.731. The van der Waals surface area contributed by atoms with Gasteiger partial charge in [0.2, 0.25) is 0 Å². The molecule has 3 N–H and O–H groups in total. The molecule has 0 aliphatic carbocycles. The van der Waals surface area contributed by atoms with Gasteiger partial charge >= 0.3 is 6.03 Å². The molecule has 1 aromatic carbocycles. The molecule has 110 valence electrons. The van der Waals surface area contributed by atoms with Crippen molar-refractivity contribution in [3.8, 4) is 5.75 Å². The summed E-state index contributed by atoms with van der Waals surface area (Å²) in [6.07, 6.45) is 4.34. The molecule has 2 rings (SSSR count). The quantitative estimate of drug-likeness (QED) is 0.891. The SMILES string of the molecule is COc1cccc(NC(=O)N2CCCCCC2CN)c1. The van der Waals surface area contributed by atoms with Crippen LogP contribution in [0.25, 0.3) is 0 Å². The summed E-state index contributed by atoms with van der Waals surface area (Å²) < 4.78 is 5.16. The zero-order valence-corrected chi connectivity index (χ0v) is 12.0. The van der Waals surface area contributed by atoms with Gasteiger partial charge in [-0.15, -0.1) is 0 Å². The summed E-state index contributed by atoms with van der Waals surface area (Å²) in [6, 6.07) is 7.45. The van der Waals surface area contributed by atoms with Gasteiger partial charge in [-0.3, -0.25) is 0 Å². The standard InChI is InChI=1S/C15H23N3O2/c1-20-14-8-5-6-12(10-14)17-15(19)18-9-4-2-3-7-13(18)11-16/h5-6,8,10,13H,2-4,7,9,11,16H2,1H3,(H,17,19). The van der Waals surface area contributed by atoms with E-state index in [0.717, 1.165) is 37.2 Å². The van der Waals surface area contributed by atoms with Gasteiger partial charge in [0.25, 0.3) is 0 Å². The van der Waals surface area contributed by atoms with Gasteiger partial charge in [-0.05, 0) is 25.0 Å². The largest absolute Gasteiger partial charge is 0.497 e. The number of urea groups is 1. The number of amides is 2. The Hall–Kier alpha value is -1.75. The Morgan fingerprint density at radius 1 is 1.45 bits per heavy atom. The highest BCUT2D eigenvalue weighted by molar-refractivity contribution is 5.89. The highest BCUT2D eigenvalue weighted by Gasteiger charge is 2.24. The number of ether oxygens (including phenoxy) is 1. The third-order valence-electron chi connectivity index (χ3n) is 3.73. The van der Waals surface area contributed by atoms with E-state index in [-0.39, 0.29) is 12.1 Å². The summed E-state index contributed by atoms with van der Waals surface area (Å²) in [6.45, 7) is 1.29. The van der Waals surface area contributed by atoms with Gasteiger partial charge in [-0.2, -0.15) is 0 Å². The topological polar surface area (TPSA) is 67.6 Å². The number of nitrogens with one attached hydrogen (secondary N) is 1. The van der Waals surface area contributed by atoms with E-state index in [1.165, 1.54) is 6.42 Å². The minimum Gasteiger partial charge on any atom is -0.497 e. The zero-order chi connectivity index (χ0) is 14.4. The summed E-state index contributed by atoms with van der Waals surface area (Å²) >= 11 is 0. The van der Waals surface area contributed by atoms with Gasteiger partial charge in [0.05, 0.1) is 7.11 Å². The summed E-state index contributed by atoms with van der Waals surface area (Å²) in [5.41, 5.74) is 6.54. The molecular weight excluding hydrogens is 254 g/mol. The second-order valence-electron chi connectivity index (χ2n) is 5.09. The third-order valence-corrected chi connectivity index (χ3v) is 3.73. The first-order chi connectivity index (χ1) is 9.74. The molecule has 1 fully saturated rings. The average Bonchev–Trinajstić information content (AvgIpc) is 2.72. The smallest absolute Gasteiger partial charge is 0.322 e. The number of nitrogens with two attached hydrogens (primary N) is 1. The van der Waals surface area contributed by atoms with Crippen LogP contribution in [0, 0.1) is 0 Å². The highest BCUT2D eigenvalue weighted by atomic mass is 16.5. The molecule has 0 aromatic heterocycles. The van der Waals surface area contributed by atoms with Crippen LogP contribution in [0.4, 0.5) is 10.5 Å². The predicted octanol–water partition coefficient (Wildman–Crippen LogP) is 2.43. The molecule has 5 heteroatoms. The van der Waals surface area contributed by atoms with Crippen LogP contribution in [-0.2, 0) is 0 Å². The molecule has 1 saturated heterocycles. The van der Waals surface area contributed by atoms with E-state index >= 15 is 0 Å². The molecule has 1 aliphatic rings. The monoisotopic (exact) mass is 277 g/mol.